The Morgan fingerprint density at radius 1 is 1.04 bits per heavy atom. The fraction of sp³-hybridized carbons (Fsp3) is 0.409. The number of H-pyrrole nitrogens is 1. The largest absolute Gasteiger partial charge is 0.361 e. The van der Waals surface area contributed by atoms with Crippen molar-refractivity contribution in [3.8, 4) is 11.1 Å². The Labute approximate surface area is 149 Å². The van der Waals surface area contributed by atoms with Crippen LogP contribution in [0.1, 0.15) is 25.0 Å². The van der Waals surface area contributed by atoms with Gasteiger partial charge in [0.25, 0.3) is 0 Å². The maximum atomic E-state index is 4.80. The molecule has 2 aromatic heterocycles. The topological polar surface area (TPSA) is 31.9 Å². The normalized spacial score (nSPS) is 26.0. The second-order valence-electron chi connectivity index (χ2n) is 7.77. The first kappa shape index (κ1) is 15.2. The van der Waals surface area contributed by atoms with Crippen LogP contribution in [-0.2, 0) is 6.42 Å². The molecule has 2 fully saturated rings. The summed E-state index contributed by atoms with van der Waals surface area (Å²) < 4.78 is 0. The summed E-state index contributed by atoms with van der Waals surface area (Å²) in [7, 11) is 0. The van der Waals surface area contributed by atoms with Gasteiger partial charge < -0.3 is 9.88 Å². The van der Waals surface area contributed by atoms with Gasteiger partial charge >= 0.3 is 0 Å². The van der Waals surface area contributed by atoms with Crippen molar-refractivity contribution in [1.82, 2.24) is 14.9 Å². The monoisotopic (exact) mass is 331 g/mol. The molecular formula is C22H25N3. The number of rotatable bonds is 3. The highest BCUT2D eigenvalue weighted by Gasteiger charge is 2.31. The van der Waals surface area contributed by atoms with Crippen LogP contribution in [0.25, 0.3) is 22.0 Å². The van der Waals surface area contributed by atoms with E-state index in [-0.39, 0.29) is 0 Å². The summed E-state index contributed by atoms with van der Waals surface area (Å²) in [5, 5.41) is 1.26. The van der Waals surface area contributed by atoms with Crippen molar-refractivity contribution in [2.75, 3.05) is 19.6 Å². The van der Waals surface area contributed by atoms with E-state index in [0.29, 0.717) is 0 Å². The molecule has 25 heavy (non-hydrogen) atoms. The molecule has 3 heteroatoms. The summed E-state index contributed by atoms with van der Waals surface area (Å²) in [6.45, 7) is 3.93. The maximum Gasteiger partial charge on any atom is 0.0460 e. The molecule has 3 nitrogen and oxygen atoms in total. The maximum absolute atomic E-state index is 4.80. The van der Waals surface area contributed by atoms with Crippen molar-refractivity contribution in [3.63, 3.8) is 0 Å². The lowest BCUT2D eigenvalue weighted by Gasteiger charge is -2.42. The summed E-state index contributed by atoms with van der Waals surface area (Å²) in [5.41, 5.74) is 4.88. The Balaban J connectivity index is 1.32. The van der Waals surface area contributed by atoms with E-state index in [2.05, 4.69) is 52.5 Å². The molecule has 0 amide bonds. The molecule has 2 aliphatic heterocycles. The second kappa shape index (κ2) is 6.30. The highest BCUT2D eigenvalue weighted by Crippen LogP contribution is 2.33. The number of hydrogen-bond donors (Lipinski definition) is 1. The third-order valence-corrected chi connectivity index (χ3v) is 6.21. The van der Waals surface area contributed by atoms with Gasteiger partial charge in [-0.3, -0.25) is 4.98 Å². The summed E-state index contributed by atoms with van der Waals surface area (Å²) >= 11 is 0. The summed E-state index contributed by atoms with van der Waals surface area (Å²) in [5.74, 6) is 1.71. The quantitative estimate of drug-likeness (QED) is 0.766. The van der Waals surface area contributed by atoms with Gasteiger partial charge in [-0.1, -0.05) is 18.2 Å². The molecule has 0 spiro atoms. The predicted octanol–water partition coefficient (Wildman–Crippen LogP) is 4.50. The fourth-order valence-electron chi connectivity index (χ4n) is 4.74. The molecule has 3 unspecified atom stereocenters. The zero-order valence-corrected chi connectivity index (χ0v) is 14.6. The Hall–Kier alpha value is -2.13. The molecule has 128 valence electrons. The molecule has 0 saturated carbocycles. The van der Waals surface area contributed by atoms with Crippen LogP contribution in [0.15, 0.2) is 48.8 Å². The van der Waals surface area contributed by atoms with Crippen LogP contribution >= 0.6 is 0 Å². The van der Waals surface area contributed by atoms with Crippen molar-refractivity contribution in [1.29, 1.82) is 0 Å². The smallest absolute Gasteiger partial charge is 0.0460 e. The van der Waals surface area contributed by atoms with Gasteiger partial charge in [-0.25, -0.2) is 0 Å². The Morgan fingerprint density at radius 2 is 2.00 bits per heavy atom. The van der Waals surface area contributed by atoms with Gasteiger partial charge in [0.05, 0.1) is 0 Å². The highest BCUT2D eigenvalue weighted by molar-refractivity contribution is 5.84. The summed E-state index contributed by atoms with van der Waals surface area (Å²) in [6.07, 6.45) is 9.33. The van der Waals surface area contributed by atoms with Gasteiger partial charge in [0, 0.05) is 35.7 Å². The number of nitrogens with zero attached hydrogens (tertiary/aromatic N) is 2. The number of aromatic nitrogens is 2. The minimum Gasteiger partial charge on any atom is -0.361 e. The van der Waals surface area contributed by atoms with Crippen LogP contribution in [0.4, 0.5) is 0 Å². The molecule has 2 aliphatic rings. The van der Waals surface area contributed by atoms with Crippen LogP contribution < -0.4 is 0 Å². The Morgan fingerprint density at radius 3 is 2.92 bits per heavy atom. The zero-order valence-electron chi connectivity index (χ0n) is 14.6. The van der Waals surface area contributed by atoms with E-state index < -0.39 is 0 Å². The van der Waals surface area contributed by atoms with Crippen molar-refractivity contribution in [2.24, 2.45) is 11.8 Å². The van der Waals surface area contributed by atoms with Crippen LogP contribution in [0.3, 0.4) is 0 Å². The third kappa shape index (κ3) is 2.98. The highest BCUT2D eigenvalue weighted by atomic mass is 15.1. The lowest BCUT2D eigenvalue weighted by molar-refractivity contribution is 0.0736. The average molecular weight is 331 g/mol. The predicted molar refractivity (Wildman–Crippen MR) is 103 cm³/mol. The van der Waals surface area contributed by atoms with E-state index in [4.69, 9.17) is 4.98 Å². The lowest BCUT2D eigenvalue weighted by atomic mass is 9.77. The number of fused-ring (bicyclic) bond motifs is 3. The fourth-order valence-corrected chi connectivity index (χ4v) is 4.74. The van der Waals surface area contributed by atoms with Crippen molar-refractivity contribution < 1.29 is 0 Å². The lowest BCUT2D eigenvalue weighted by Crippen LogP contribution is -2.45. The molecule has 0 radical (unpaired) electrons. The first-order chi connectivity index (χ1) is 12.3. The molecule has 5 rings (SSSR count). The molecule has 1 aromatic carbocycles. The molecule has 0 aliphatic carbocycles. The van der Waals surface area contributed by atoms with Gasteiger partial charge in [0.1, 0.15) is 0 Å². The van der Waals surface area contributed by atoms with Crippen LogP contribution in [0.5, 0.6) is 0 Å². The van der Waals surface area contributed by atoms with Crippen molar-refractivity contribution >= 4 is 10.9 Å². The third-order valence-electron chi connectivity index (χ3n) is 6.21. The molecule has 1 N–H and O–H groups in total. The molecule has 2 saturated heterocycles. The van der Waals surface area contributed by atoms with E-state index in [1.165, 1.54) is 66.6 Å². The Bertz CT molecular complexity index is 864. The zero-order chi connectivity index (χ0) is 16.6. The molecule has 3 atom stereocenters. The minimum atomic E-state index is 0.824. The number of pyridine rings is 1. The van der Waals surface area contributed by atoms with Crippen LogP contribution in [-0.4, -0.2) is 34.5 Å². The molecule has 4 heterocycles. The number of piperidine rings is 2. The number of aromatic amines is 1. The van der Waals surface area contributed by atoms with E-state index in [1.54, 1.807) is 0 Å². The number of benzene rings is 1. The first-order valence-corrected chi connectivity index (χ1v) is 9.60. The number of nitrogens with one attached hydrogen (secondary N) is 1. The first-order valence-electron chi connectivity index (χ1n) is 9.60. The van der Waals surface area contributed by atoms with Crippen LogP contribution in [0.2, 0.25) is 0 Å². The minimum absolute atomic E-state index is 0.824. The van der Waals surface area contributed by atoms with Crippen molar-refractivity contribution in [2.45, 2.75) is 25.7 Å². The second-order valence-corrected chi connectivity index (χ2v) is 7.77. The van der Waals surface area contributed by atoms with Gasteiger partial charge in [0.2, 0.25) is 0 Å². The van der Waals surface area contributed by atoms with Gasteiger partial charge in [-0.15, -0.1) is 0 Å². The average Bonchev–Trinajstić information content (AvgIpc) is 3.13. The van der Waals surface area contributed by atoms with E-state index in [9.17, 15) is 0 Å². The molecular weight excluding hydrogens is 306 g/mol. The SMILES string of the molecule is c1cc2ccc(-c3ccc(CC4CCN5CCCC4C5)nc3)cc2[nH]1. The summed E-state index contributed by atoms with van der Waals surface area (Å²) in [6, 6.07) is 13.2. The van der Waals surface area contributed by atoms with Gasteiger partial charge in [0.15, 0.2) is 0 Å². The van der Waals surface area contributed by atoms with E-state index in [1.807, 2.05) is 6.20 Å². The van der Waals surface area contributed by atoms with Gasteiger partial charge in [-0.2, -0.15) is 0 Å². The summed E-state index contributed by atoms with van der Waals surface area (Å²) in [4.78, 5) is 10.7. The van der Waals surface area contributed by atoms with Crippen molar-refractivity contribution in [3.05, 3.63) is 54.5 Å². The van der Waals surface area contributed by atoms with E-state index >= 15 is 0 Å². The Kier molecular flexibility index (Phi) is 3.82. The standard InChI is InChI=1S/C22H25N3/c1-2-20-15-25(10-1)11-8-18(20)12-21-6-5-19(14-24-21)17-4-3-16-7-9-23-22(16)13-17/h3-7,9,13-14,18,20,23H,1-2,8,10-12,15H2. The van der Waals surface area contributed by atoms with Gasteiger partial charge in [-0.05, 0) is 79.8 Å². The molecule has 2 bridgehead atoms. The molecule has 3 aromatic rings. The van der Waals surface area contributed by atoms with E-state index in [0.717, 1.165) is 18.3 Å². The van der Waals surface area contributed by atoms with Crippen LogP contribution in [0, 0.1) is 11.8 Å². The number of hydrogen-bond acceptors (Lipinski definition) is 2.